The number of rotatable bonds is 15. The zero-order valence-corrected chi connectivity index (χ0v) is 18.3. The van der Waals surface area contributed by atoms with Crippen molar-refractivity contribution in [3.8, 4) is 0 Å². The number of hydrogen-bond donors (Lipinski definition) is 0. The number of hydrogen-bond acceptors (Lipinski definition) is 7. The molecule has 9 heteroatoms. The number of likely N-dealkylation sites (tertiary alicyclic amines) is 2. The van der Waals surface area contributed by atoms with Crippen molar-refractivity contribution in [3.05, 3.63) is 0 Å². The summed E-state index contributed by atoms with van der Waals surface area (Å²) in [5.41, 5.74) is 0. The number of amides is 3. The Balaban J connectivity index is 1.30. The lowest BCUT2D eigenvalue weighted by atomic mass is 10.1. The lowest BCUT2D eigenvalue weighted by Crippen LogP contribution is -2.33. The standard InChI is InChI=1S/C21H36N2O7/c1-17-3-5-22(16-17)19(24)4-7-27-9-11-29-13-14-30-12-10-28-8-6-23-20(25)15-18(2)21(23)26/h17-18H,3-16H2,1-2H3/t17-,18?/m1/s1. The summed E-state index contributed by atoms with van der Waals surface area (Å²) in [4.78, 5) is 38.5. The van der Waals surface area contributed by atoms with Crippen LogP contribution in [0, 0.1) is 11.8 Å². The smallest absolute Gasteiger partial charge is 0.232 e. The van der Waals surface area contributed by atoms with Gasteiger partial charge in [-0.15, -0.1) is 0 Å². The fraction of sp³-hybridized carbons (Fsp3) is 0.857. The van der Waals surface area contributed by atoms with E-state index >= 15 is 0 Å². The van der Waals surface area contributed by atoms with E-state index in [1.807, 2.05) is 4.90 Å². The summed E-state index contributed by atoms with van der Waals surface area (Å²) in [6, 6.07) is 0. The van der Waals surface area contributed by atoms with Gasteiger partial charge < -0.3 is 23.8 Å². The Morgan fingerprint density at radius 3 is 1.97 bits per heavy atom. The third kappa shape index (κ3) is 8.67. The summed E-state index contributed by atoms with van der Waals surface area (Å²) in [5, 5.41) is 0. The molecule has 2 atom stereocenters. The monoisotopic (exact) mass is 428 g/mol. The first-order valence-electron chi connectivity index (χ1n) is 10.9. The Hall–Kier alpha value is -1.55. The zero-order chi connectivity index (χ0) is 21.8. The van der Waals surface area contributed by atoms with Crippen LogP contribution in [-0.2, 0) is 33.3 Å². The molecule has 0 aliphatic carbocycles. The average molecular weight is 429 g/mol. The van der Waals surface area contributed by atoms with E-state index < -0.39 is 0 Å². The van der Waals surface area contributed by atoms with Crippen LogP contribution in [-0.4, -0.2) is 100 Å². The molecule has 2 rings (SSSR count). The summed E-state index contributed by atoms with van der Waals surface area (Å²) >= 11 is 0. The molecule has 172 valence electrons. The van der Waals surface area contributed by atoms with Gasteiger partial charge in [-0.3, -0.25) is 19.3 Å². The van der Waals surface area contributed by atoms with Crippen molar-refractivity contribution < 1.29 is 33.3 Å². The Morgan fingerprint density at radius 2 is 1.47 bits per heavy atom. The van der Waals surface area contributed by atoms with Gasteiger partial charge in [0.05, 0.1) is 65.8 Å². The van der Waals surface area contributed by atoms with E-state index in [2.05, 4.69) is 6.92 Å². The van der Waals surface area contributed by atoms with Crippen molar-refractivity contribution in [1.29, 1.82) is 0 Å². The molecule has 0 aromatic carbocycles. The molecular formula is C21H36N2O7. The van der Waals surface area contributed by atoms with Gasteiger partial charge in [0, 0.05) is 25.4 Å². The number of imide groups is 1. The van der Waals surface area contributed by atoms with E-state index in [-0.39, 0.29) is 23.6 Å². The Kier molecular flexibility index (Phi) is 11.3. The molecule has 30 heavy (non-hydrogen) atoms. The molecule has 0 spiro atoms. The molecule has 2 fully saturated rings. The fourth-order valence-electron chi connectivity index (χ4n) is 3.48. The number of carbonyl (C=O) groups is 3. The second-order valence-electron chi connectivity index (χ2n) is 7.92. The maximum absolute atomic E-state index is 12.0. The van der Waals surface area contributed by atoms with Crippen molar-refractivity contribution in [2.45, 2.75) is 33.1 Å². The highest BCUT2D eigenvalue weighted by atomic mass is 16.6. The second kappa shape index (κ2) is 13.7. The van der Waals surface area contributed by atoms with Gasteiger partial charge in [-0.1, -0.05) is 13.8 Å². The predicted molar refractivity (Wildman–Crippen MR) is 109 cm³/mol. The molecule has 2 aliphatic rings. The van der Waals surface area contributed by atoms with Gasteiger partial charge in [-0.2, -0.15) is 0 Å². The van der Waals surface area contributed by atoms with Crippen LogP contribution in [0.5, 0.6) is 0 Å². The highest BCUT2D eigenvalue weighted by Crippen LogP contribution is 2.18. The predicted octanol–water partition coefficient (Wildman–Crippen LogP) is 0.706. The van der Waals surface area contributed by atoms with Gasteiger partial charge in [0.2, 0.25) is 17.7 Å². The van der Waals surface area contributed by atoms with Crippen LogP contribution in [0.15, 0.2) is 0 Å². The summed E-state index contributed by atoms with van der Waals surface area (Å²) in [5.74, 6) is 0.319. The minimum absolute atomic E-state index is 0.117. The van der Waals surface area contributed by atoms with Gasteiger partial charge in [0.1, 0.15) is 0 Å². The third-order valence-corrected chi connectivity index (χ3v) is 5.28. The quantitative estimate of drug-likeness (QED) is 0.280. The lowest BCUT2D eigenvalue weighted by molar-refractivity contribution is -0.140. The van der Waals surface area contributed by atoms with Crippen LogP contribution >= 0.6 is 0 Å². The van der Waals surface area contributed by atoms with Crippen molar-refractivity contribution in [2.75, 3.05) is 72.5 Å². The summed E-state index contributed by atoms with van der Waals surface area (Å²) in [7, 11) is 0. The first kappa shape index (κ1) is 24.7. The molecule has 0 N–H and O–H groups in total. The molecule has 0 aromatic rings. The van der Waals surface area contributed by atoms with Gasteiger partial charge in [0.25, 0.3) is 0 Å². The van der Waals surface area contributed by atoms with Gasteiger partial charge in [-0.25, -0.2) is 0 Å². The van der Waals surface area contributed by atoms with Gasteiger partial charge in [0.15, 0.2) is 0 Å². The molecule has 0 bridgehead atoms. The number of nitrogens with zero attached hydrogens (tertiary/aromatic N) is 2. The molecule has 2 aliphatic heterocycles. The Bertz CT molecular complexity index is 557. The second-order valence-corrected chi connectivity index (χ2v) is 7.92. The van der Waals surface area contributed by atoms with E-state index in [0.29, 0.717) is 78.2 Å². The van der Waals surface area contributed by atoms with Crippen molar-refractivity contribution in [1.82, 2.24) is 9.80 Å². The topological polar surface area (TPSA) is 94.6 Å². The number of ether oxygens (including phenoxy) is 4. The van der Waals surface area contributed by atoms with E-state index in [1.165, 1.54) is 4.90 Å². The van der Waals surface area contributed by atoms with E-state index in [0.717, 1.165) is 19.5 Å². The first-order chi connectivity index (χ1) is 14.5. The highest BCUT2D eigenvalue weighted by Gasteiger charge is 2.34. The largest absolute Gasteiger partial charge is 0.379 e. The Morgan fingerprint density at radius 1 is 0.900 bits per heavy atom. The van der Waals surface area contributed by atoms with Crippen molar-refractivity contribution in [3.63, 3.8) is 0 Å². The maximum atomic E-state index is 12.0. The third-order valence-electron chi connectivity index (χ3n) is 5.28. The van der Waals surface area contributed by atoms with Crippen LogP contribution in [0.2, 0.25) is 0 Å². The molecule has 0 aromatic heterocycles. The first-order valence-corrected chi connectivity index (χ1v) is 10.9. The fourth-order valence-corrected chi connectivity index (χ4v) is 3.48. The molecule has 0 radical (unpaired) electrons. The molecule has 9 nitrogen and oxygen atoms in total. The van der Waals surface area contributed by atoms with Crippen LogP contribution < -0.4 is 0 Å². The Labute approximate surface area is 178 Å². The molecule has 0 saturated carbocycles. The van der Waals surface area contributed by atoms with Crippen LogP contribution in [0.1, 0.15) is 33.1 Å². The maximum Gasteiger partial charge on any atom is 0.232 e. The molecule has 1 unspecified atom stereocenters. The molecule has 2 heterocycles. The van der Waals surface area contributed by atoms with E-state index in [4.69, 9.17) is 18.9 Å². The van der Waals surface area contributed by atoms with Crippen LogP contribution in [0.4, 0.5) is 0 Å². The SMILES string of the molecule is CC1CC(=O)N(CCOCCOCCOCCOCCC(=O)N2CC[C@@H](C)C2)C1=O. The van der Waals surface area contributed by atoms with Gasteiger partial charge >= 0.3 is 0 Å². The lowest BCUT2D eigenvalue weighted by Gasteiger charge is -2.15. The van der Waals surface area contributed by atoms with Crippen molar-refractivity contribution >= 4 is 17.7 Å². The molecule has 2 saturated heterocycles. The molecular weight excluding hydrogens is 392 g/mol. The summed E-state index contributed by atoms with van der Waals surface area (Å²) < 4.78 is 21.7. The van der Waals surface area contributed by atoms with Crippen LogP contribution in [0.3, 0.4) is 0 Å². The highest BCUT2D eigenvalue weighted by molar-refractivity contribution is 6.03. The summed E-state index contributed by atoms with van der Waals surface area (Å²) in [6.07, 6.45) is 1.81. The van der Waals surface area contributed by atoms with Gasteiger partial charge in [-0.05, 0) is 12.3 Å². The minimum Gasteiger partial charge on any atom is -0.379 e. The van der Waals surface area contributed by atoms with Crippen LogP contribution in [0.25, 0.3) is 0 Å². The van der Waals surface area contributed by atoms with Crippen molar-refractivity contribution in [2.24, 2.45) is 11.8 Å². The van der Waals surface area contributed by atoms with E-state index in [1.54, 1.807) is 6.92 Å². The average Bonchev–Trinajstić information content (AvgIpc) is 3.25. The zero-order valence-electron chi connectivity index (χ0n) is 18.3. The number of carbonyl (C=O) groups excluding carboxylic acids is 3. The van der Waals surface area contributed by atoms with E-state index in [9.17, 15) is 14.4 Å². The minimum atomic E-state index is -0.215. The summed E-state index contributed by atoms with van der Waals surface area (Å²) in [6.45, 7) is 9.37. The molecule has 3 amide bonds. The normalized spacial score (nSPS) is 21.8.